The number of benzene rings is 2. The Morgan fingerprint density at radius 1 is 1.31 bits per heavy atom. The molecule has 2 aromatic heterocycles. The normalized spacial score (nSPS) is 17.3. The molecule has 0 fully saturated rings. The lowest BCUT2D eigenvalue weighted by Crippen LogP contribution is -2.40. The Labute approximate surface area is 212 Å². The van der Waals surface area contributed by atoms with Gasteiger partial charge in [0.15, 0.2) is 5.82 Å². The molecule has 2 N–H and O–H groups in total. The number of fused-ring (bicyclic) bond motifs is 2. The number of anilines is 1. The first kappa shape index (κ1) is 22.6. The van der Waals surface area contributed by atoms with E-state index in [9.17, 15) is 24.5 Å². The number of halogens is 3. The Bertz CT molecular complexity index is 1610. The molecule has 1 aliphatic heterocycles. The van der Waals surface area contributed by atoms with E-state index in [-0.39, 0.29) is 45.6 Å². The maximum Gasteiger partial charge on any atom is 0.374 e. The van der Waals surface area contributed by atoms with E-state index in [1.165, 1.54) is 18.2 Å². The Morgan fingerprint density at radius 2 is 2.06 bits per heavy atom. The zero-order valence-electron chi connectivity index (χ0n) is 19.4. The van der Waals surface area contributed by atoms with E-state index in [1.807, 2.05) is 0 Å². The van der Waals surface area contributed by atoms with Crippen molar-refractivity contribution >= 4 is 56.8 Å². The molecular formula is C23H16ClF2N5O4S. The second kappa shape index (κ2) is 9.28. The van der Waals surface area contributed by atoms with E-state index in [2.05, 4.69) is 20.0 Å². The average Bonchev–Trinajstić information content (AvgIpc) is 3.42. The average molecular weight is 533 g/mol. The summed E-state index contributed by atoms with van der Waals surface area (Å²) in [5, 5.41) is 5.16. The number of rotatable bonds is 5. The lowest BCUT2D eigenvalue weighted by Gasteiger charge is -2.28. The van der Waals surface area contributed by atoms with Gasteiger partial charge in [-0.25, -0.2) is 18.6 Å². The lowest BCUT2D eigenvalue weighted by atomic mass is 10.0. The van der Waals surface area contributed by atoms with E-state index < -0.39 is 42.0 Å². The van der Waals surface area contributed by atoms with Gasteiger partial charge < -0.3 is 19.9 Å². The number of imidazole rings is 1. The molecule has 0 unspecified atom stereocenters. The summed E-state index contributed by atoms with van der Waals surface area (Å²) in [6.45, 7) is 1.12. The van der Waals surface area contributed by atoms with Crippen LogP contribution < -0.4 is 10.6 Å². The van der Waals surface area contributed by atoms with Crippen molar-refractivity contribution in [2.24, 2.45) is 0 Å². The van der Waals surface area contributed by atoms with E-state index in [1.54, 1.807) is 6.92 Å². The Balaban J connectivity index is 1.69. The number of carbonyl (C=O) groups excluding carboxylic acids is 3. The molecule has 0 bridgehead atoms. The highest BCUT2D eigenvalue weighted by Crippen LogP contribution is 2.36. The molecule has 2 amide bonds. The quantitative estimate of drug-likeness (QED) is 0.374. The molecule has 1 aliphatic rings. The lowest BCUT2D eigenvalue weighted by molar-refractivity contribution is -0.123. The molecule has 0 aliphatic carbocycles. The van der Waals surface area contributed by atoms with Crippen LogP contribution in [-0.4, -0.2) is 38.3 Å². The Hall–Kier alpha value is -3.90. The first-order valence-electron chi connectivity index (χ1n) is 11.0. The van der Waals surface area contributed by atoms with Gasteiger partial charge in [0.1, 0.15) is 23.9 Å². The minimum atomic E-state index is -2.26. The van der Waals surface area contributed by atoms with Crippen LogP contribution in [0.1, 0.15) is 46.7 Å². The summed E-state index contributed by atoms with van der Waals surface area (Å²) in [7, 11) is 0. The minimum absolute atomic E-state index is 0.00691. The van der Waals surface area contributed by atoms with Crippen molar-refractivity contribution in [1.82, 2.24) is 19.2 Å². The largest absolute Gasteiger partial charge is 0.460 e. The monoisotopic (exact) mass is 532 g/mol. The van der Waals surface area contributed by atoms with Crippen LogP contribution in [0.15, 0.2) is 36.4 Å². The predicted molar refractivity (Wildman–Crippen MR) is 127 cm³/mol. The number of hydrogen-bond donors (Lipinski definition) is 2. The summed E-state index contributed by atoms with van der Waals surface area (Å²) in [5.41, 5.74) is -0.435. The molecular weight excluding hydrogens is 516 g/mol. The maximum atomic E-state index is 14.2. The van der Waals surface area contributed by atoms with Crippen LogP contribution in [0.4, 0.5) is 14.6 Å². The van der Waals surface area contributed by atoms with Gasteiger partial charge in [-0.15, -0.1) is 0 Å². The third-order valence-electron chi connectivity index (χ3n) is 5.31. The summed E-state index contributed by atoms with van der Waals surface area (Å²) < 4.78 is 48.0. The molecule has 13 heteroatoms. The third-order valence-corrected chi connectivity index (χ3v) is 6.46. The topological polar surface area (TPSA) is 115 Å². The van der Waals surface area contributed by atoms with Crippen molar-refractivity contribution in [2.75, 3.05) is 11.9 Å². The first-order valence-corrected chi connectivity index (χ1v) is 11.7. The van der Waals surface area contributed by atoms with Gasteiger partial charge >= 0.3 is 5.97 Å². The van der Waals surface area contributed by atoms with Crippen molar-refractivity contribution < 1.29 is 29.3 Å². The van der Waals surface area contributed by atoms with Crippen LogP contribution in [0.2, 0.25) is 5.02 Å². The second-order valence-corrected chi connectivity index (χ2v) is 8.82. The molecule has 36 heavy (non-hydrogen) atoms. The number of nitrogens with one attached hydrogen (secondary N) is 2. The fourth-order valence-electron chi connectivity index (χ4n) is 3.81. The number of aromatic nitrogens is 3. The molecule has 0 saturated carbocycles. The van der Waals surface area contributed by atoms with Crippen molar-refractivity contribution in [3.05, 3.63) is 75.8 Å². The molecule has 0 saturated heterocycles. The third kappa shape index (κ3) is 4.18. The van der Waals surface area contributed by atoms with Crippen LogP contribution in [0.3, 0.4) is 0 Å². The summed E-state index contributed by atoms with van der Waals surface area (Å²) in [6.07, 6.45) is 0. The van der Waals surface area contributed by atoms with Crippen LogP contribution in [-0.2, 0) is 16.1 Å². The fourth-order valence-corrected chi connectivity index (χ4v) is 4.77. The molecule has 1 atom stereocenters. The Morgan fingerprint density at radius 3 is 2.83 bits per heavy atom. The molecule has 2 aromatic carbocycles. The molecule has 4 aromatic rings. The zero-order chi connectivity index (χ0) is 26.5. The van der Waals surface area contributed by atoms with Gasteiger partial charge in [-0.2, -0.15) is 4.37 Å². The number of esters is 1. The molecule has 0 spiro atoms. The van der Waals surface area contributed by atoms with Crippen molar-refractivity contribution in [2.45, 2.75) is 19.5 Å². The van der Waals surface area contributed by atoms with Gasteiger partial charge in [0, 0.05) is 16.0 Å². The number of carbonyl (C=O) groups is 3. The summed E-state index contributed by atoms with van der Waals surface area (Å²) >= 11 is 7.26. The Kier molecular flexibility index (Phi) is 5.82. The van der Waals surface area contributed by atoms with Gasteiger partial charge in [0.2, 0.25) is 11.7 Å². The van der Waals surface area contributed by atoms with Gasteiger partial charge in [-0.3, -0.25) is 9.59 Å². The second-order valence-electron chi connectivity index (χ2n) is 7.61. The summed E-state index contributed by atoms with van der Waals surface area (Å²) in [6, 6.07) is 4.87. The number of hydrogen-bond acceptors (Lipinski definition) is 7. The van der Waals surface area contributed by atoms with Crippen LogP contribution in [0.25, 0.3) is 10.1 Å². The SMILES string of the molecule is [2H][C@@]1(c2cc(F)ccc2Cl)NC(=O)Cn2c(C(=O)OCC)nc(NC(=O)c3nsc4ccc(F)cc34)c21. The van der Waals surface area contributed by atoms with Crippen molar-refractivity contribution in [1.29, 1.82) is 0 Å². The van der Waals surface area contributed by atoms with Crippen LogP contribution in [0, 0.1) is 11.6 Å². The first-order chi connectivity index (χ1) is 17.6. The van der Waals surface area contributed by atoms with Crippen LogP contribution in [0.5, 0.6) is 0 Å². The highest BCUT2D eigenvalue weighted by molar-refractivity contribution is 7.13. The molecule has 0 radical (unpaired) electrons. The highest BCUT2D eigenvalue weighted by atomic mass is 35.5. The smallest absolute Gasteiger partial charge is 0.374 e. The molecule has 184 valence electrons. The summed E-state index contributed by atoms with van der Waals surface area (Å²) in [5.74, 6) is -4.36. The van der Waals surface area contributed by atoms with Crippen molar-refractivity contribution in [3.8, 4) is 0 Å². The van der Waals surface area contributed by atoms with E-state index in [4.69, 9.17) is 16.3 Å². The zero-order valence-corrected chi connectivity index (χ0v) is 20.0. The van der Waals surface area contributed by atoms with E-state index in [0.717, 1.165) is 34.3 Å². The van der Waals surface area contributed by atoms with Gasteiger partial charge in [0.25, 0.3) is 5.91 Å². The molecule has 9 nitrogen and oxygen atoms in total. The predicted octanol–water partition coefficient (Wildman–Crippen LogP) is 4.07. The number of nitrogens with zero attached hydrogens (tertiary/aromatic N) is 3. The van der Waals surface area contributed by atoms with E-state index >= 15 is 0 Å². The van der Waals surface area contributed by atoms with Gasteiger partial charge in [-0.1, -0.05) is 11.6 Å². The molecule has 3 heterocycles. The minimum Gasteiger partial charge on any atom is -0.460 e. The number of ether oxygens (including phenoxy) is 1. The van der Waals surface area contributed by atoms with Gasteiger partial charge in [0.05, 0.1) is 24.4 Å². The summed E-state index contributed by atoms with van der Waals surface area (Å²) in [4.78, 5) is 42.7. The van der Waals surface area contributed by atoms with Crippen LogP contribution >= 0.6 is 23.1 Å². The maximum absolute atomic E-state index is 14.2. The number of amides is 2. The van der Waals surface area contributed by atoms with E-state index in [0.29, 0.717) is 4.70 Å². The highest BCUT2D eigenvalue weighted by Gasteiger charge is 2.36. The molecule has 5 rings (SSSR count). The standard InChI is InChI=1S/C23H16ClF2N5O4S/c1-2-35-23(34)21-28-20(29-22(33)18-13-8-11(26)4-6-15(13)36-30-18)19-17(27-16(32)9-31(19)21)12-7-10(25)3-5-14(12)24/h3-8,17H,2,9H2,1H3,(H,27,32)(H,29,33)/t17-/m0/s1/i17D. The fraction of sp³-hybridized carbons (Fsp3) is 0.174. The van der Waals surface area contributed by atoms with Crippen molar-refractivity contribution in [3.63, 3.8) is 0 Å². The van der Waals surface area contributed by atoms with Gasteiger partial charge in [-0.05, 0) is 54.9 Å².